The van der Waals surface area contributed by atoms with Crippen LogP contribution in [0.1, 0.15) is 0 Å². The lowest BCUT2D eigenvalue weighted by molar-refractivity contribution is -0.131. The number of halogens is 1. The van der Waals surface area contributed by atoms with E-state index >= 15 is 0 Å². The highest BCUT2D eigenvalue weighted by molar-refractivity contribution is 6.30. The number of anilines is 2. The number of rotatable bonds is 5. The fourth-order valence-electron chi connectivity index (χ4n) is 3.90. The fourth-order valence-corrected chi connectivity index (χ4v) is 4.08. The van der Waals surface area contributed by atoms with Crippen molar-refractivity contribution in [3.8, 4) is 5.75 Å². The summed E-state index contributed by atoms with van der Waals surface area (Å²) in [6.07, 6.45) is 0. The molecule has 158 valence electrons. The van der Waals surface area contributed by atoms with E-state index in [0.29, 0.717) is 31.2 Å². The van der Waals surface area contributed by atoms with Gasteiger partial charge in [-0.05, 0) is 30.3 Å². The number of carbonyl (C=O) groups excluding carboxylic acids is 2. The highest BCUT2D eigenvalue weighted by Gasteiger charge is 2.32. The normalized spacial score (nSPS) is 16.9. The number of urea groups is 1. The van der Waals surface area contributed by atoms with Crippen molar-refractivity contribution >= 4 is 34.9 Å². The molecule has 2 fully saturated rings. The summed E-state index contributed by atoms with van der Waals surface area (Å²) in [5, 5.41) is 0.587. The monoisotopic (exact) mass is 428 g/mol. The van der Waals surface area contributed by atoms with Crippen LogP contribution >= 0.6 is 11.6 Å². The number of hydrogen-bond acceptors (Lipinski definition) is 4. The fraction of sp³-hybridized carbons (Fsp3) is 0.364. The van der Waals surface area contributed by atoms with Crippen LogP contribution in [-0.4, -0.2) is 74.7 Å². The minimum atomic E-state index is -0.152. The number of hydrogen-bond donors (Lipinski definition) is 0. The van der Waals surface area contributed by atoms with E-state index in [2.05, 4.69) is 4.90 Å². The summed E-state index contributed by atoms with van der Waals surface area (Å²) in [6, 6.07) is 15.0. The Hall–Kier alpha value is -2.93. The third kappa shape index (κ3) is 4.31. The second kappa shape index (κ2) is 8.83. The van der Waals surface area contributed by atoms with Gasteiger partial charge in [0.1, 0.15) is 12.3 Å². The van der Waals surface area contributed by atoms with Gasteiger partial charge in [0.15, 0.2) is 0 Å². The molecule has 0 radical (unpaired) electrons. The van der Waals surface area contributed by atoms with E-state index in [1.165, 1.54) is 0 Å². The van der Waals surface area contributed by atoms with Crippen LogP contribution in [0.25, 0.3) is 0 Å². The molecule has 0 N–H and O–H groups in total. The zero-order valence-corrected chi connectivity index (χ0v) is 17.7. The maximum absolute atomic E-state index is 12.8. The summed E-state index contributed by atoms with van der Waals surface area (Å²) in [5.41, 5.74) is 1.85. The largest absolute Gasteiger partial charge is 0.497 e. The number of amides is 3. The van der Waals surface area contributed by atoms with Crippen molar-refractivity contribution in [1.82, 2.24) is 9.80 Å². The van der Waals surface area contributed by atoms with Gasteiger partial charge in [0.2, 0.25) is 5.91 Å². The molecule has 3 amide bonds. The van der Waals surface area contributed by atoms with Crippen molar-refractivity contribution < 1.29 is 14.3 Å². The van der Waals surface area contributed by atoms with Gasteiger partial charge in [-0.2, -0.15) is 0 Å². The first-order valence-electron chi connectivity index (χ1n) is 10.0. The van der Waals surface area contributed by atoms with E-state index in [9.17, 15) is 9.59 Å². The third-order valence-corrected chi connectivity index (χ3v) is 5.83. The molecule has 0 aliphatic carbocycles. The van der Waals surface area contributed by atoms with Crippen LogP contribution in [0.15, 0.2) is 48.5 Å². The van der Waals surface area contributed by atoms with Gasteiger partial charge in [0.25, 0.3) is 0 Å². The molecule has 2 saturated heterocycles. The van der Waals surface area contributed by atoms with Gasteiger partial charge in [0.05, 0.1) is 7.11 Å². The Morgan fingerprint density at radius 3 is 2.43 bits per heavy atom. The van der Waals surface area contributed by atoms with E-state index in [0.717, 1.165) is 30.2 Å². The van der Waals surface area contributed by atoms with E-state index in [4.69, 9.17) is 16.3 Å². The molecule has 0 unspecified atom stereocenters. The Balaban J connectivity index is 1.31. The summed E-state index contributed by atoms with van der Waals surface area (Å²) >= 11 is 6.04. The first-order valence-corrected chi connectivity index (χ1v) is 10.4. The maximum atomic E-state index is 12.8. The lowest BCUT2D eigenvalue weighted by Gasteiger charge is -2.36. The maximum Gasteiger partial charge on any atom is 0.325 e. The average Bonchev–Trinajstić information content (AvgIpc) is 3.14. The summed E-state index contributed by atoms with van der Waals surface area (Å²) in [5.74, 6) is 0.810. The Bertz CT molecular complexity index is 930. The van der Waals surface area contributed by atoms with Crippen molar-refractivity contribution in [2.75, 3.05) is 62.7 Å². The molecule has 2 aliphatic rings. The van der Waals surface area contributed by atoms with Gasteiger partial charge >= 0.3 is 6.03 Å². The van der Waals surface area contributed by atoms with Crippen molar-refractivity contribution in [2.45, 2.75) is 0 Å². The predicted molar refractivity (Wildman–Crippen MR) is 118 cm³/mol. The molecule has 2 aromatic carbocycles. The minimum absolute atomic E-state index is 0.0124. The topological polar surface area (TPSA) is 56.3 Å². The highest BCUT2D eigenvalue weighted by atomic mass is 35.5. The zero-order chi connectivity index (χ0) is 21.1. The highest BCUT2D eigenvalue weighted by Crippen LogP contribution is 2.24. The first kappa shape index (κ1) is 20.3. The molecule has 30 heavy (non-hydrogen) atoms. The molecular formula is C22H25ClN4O3. The van der Waals surface area contributed by atoms with Gasteiger partial charge in [-0.3, -0.25) is 9.69 Å². The van der Waals surface area contributed by atoms with Gasteiger partial charge in [-0.25, -0.2) is 4.79 Å². The van der Waals surface area contributed by atoms with Crippen molar-refractivity contribution in [3.63, 3.8) is 0 Å². The number of ether oxygens (including phenoxy) is 1. The molecular weight excluding hydrogens is 404 g/mol. The lowest BCUT2D eigenvalue weighted by atomic mass is 10.2. The second-order valence-electron chi connectivity index (χ2n) is 7.40. The third-order valence-electron chi connectivity index (χ3n) is 5.59. The van der Waals surface area contributed by atoms with Gasteiger partial charge < -0.3 is 19.4 Å². The van der Waals surface area contributed by atoms with Crippen molar-refractivity contribution in [1.29, 1.82) is 0 Å². The molecule has 7 nitrogen and oxygen atoms in total. The summed E-state index contributed by atoms with van der Waals surface area (Å²) in [4.78, 5) is 32.9. The standard InChI is InChI=1S/C22H25ClN4O3/c1-30-20-7-3-5-18(15-20)24-8-10-25(11-9-24)21(28)16-26-12-13-27(22(26)29)19-6-2-4-17(23)14-19/h2-7,14-15H,8-13,16H2,1H3. The van der Waals surface area contributed by atoms with E-state index in [-0.39, 0.29) is 18.5 Å². The number of nitrogens with zero attached hydrogens (tertiary/aromatic N) is 4. The molecule has 2 aliphatic heterocycles. The molecule has 8 heteroatoms. The van der Waals surface area contributed by atoms with Crippen LogP contribution in [-0.2, 0) is 4.79 Å². The Labute approximate surface area is 181 Å². The predicted octanol–water partition coefficient (Wildman–Crippen LogP) is 2.94. The van der Waals surface area contributed by atoms with Crippen molar-refractivity contribution in [2.24, 2.45) is 0 Å². The molecule has 0 spiro atoms. The number of benzene rings is 2. The van der Waals surface area contributed by atoms with E-state index < -0.39 is 0 Å². The summed E-state index contributed by atoms with van der Waals surface area (Å²) in [7, 11) is 1.66. The molecule has 0 aromatic heterocycles. The first-order chi connectivity index (χ1) is 14.5. The van der Waals surface area contributed by atoms with Crippen LogP contribution in [0, 0.1) is 0 Å². The summed E-state index contributed by atoms with van der Waals surface area (Å²) < 4.78 is 5.30. The zero-order valence-electron chi connectivity index (χ0n) is 17.0. The average molecular weight is 429 g/mol. The smallest absolute Gasteiger partial charge is 0.325 e. The molecule has 0 atom stereocenters. The van der Waals surface area contributed by atoms with Crippen LogP contribution in [0.3, 0.4) is 0 Å². The van der Waals surface area contributed by atoms with E-state index in [1.54, 1.807) is 29.0 Å². The molecule has 2 heterocycles. The van der Waals surface area contributed by atoms with Crippen LogP contribution in [0.5, 0.6) is 5.75 Å². The van der Waals surface area contributed by atoms with Crippen LogP contribution < -0.4 is 14.5 Å². The van der Waals surface area contributed by atoms with Crippen LogP contribution in [0.2, 0.25) is 5.02 Å². The van der Waals surface area contributed by atoms with Crippen LogP contribution in [0.4, 0.5) is 16.2 Å². The SMILES string of the molecule is COc1cccc(N2CCN(C(=O)CN3CCN(c4cccc(Cl)c4)C3=O)CC2)c1. The minimum Gasteiger partial charge on any atom is -0.497 e. The number of carbonyl (C=O) groups is 2. The van der Waals surface area contributed by atoms with E-state index in [1.807, 2.05) is 41.3 Å². The van der Waals surface area contributed by atoms with Gasteiger partial charge in [-0.1, -0.05) is 23.7 Å². The number of methoxy groups -OCH3 is 1. The summed E-state index contributed by atoms with van der Waals surface area (Å²) in [6.45, 7) is 3.96. The quantitative estimate of drug-likeness (QED) is 0.734. The molecule has 0 saturated carbocycles. The second-order valence-corrected chi connectivity index (χ2v) is 7.84. The molecule has 4 rings (SSSR count). The Morgan fingerprint density at radius 2 is 1.70 bits per heavy atom. The lowest BCUT2D eigenvalue weighted by Crippen LogP contribution is -2.51. The molecule has 2 aromatic rings. The van der Waals surface area contributed by atoms with Gasteiger partial charge in [0, 0.05) is 61.7 Å². The Kier molecular flexibility index (Phi) is 5.99. The van der Waals surface area contributed by atoms with Crippen molar-refractivity contribution in [3.05, 3.63) is 53.6 Å². The van der Waals surface area contributed by atoms with Gasteiger partial charge in [-0.15, -0.1) is 0 Å². The number of piperazine rings is 1. The Morgan fingerprint density at radius 1 is 0.967 bits per heavy atom. The molecule has 0 bridgehead atoms.